The molecule has 1 aromatic heterocycles. The Morgan fingerprint density at radius 2 is 1.91 bits per heavy atom. The normalized spacial score (nSPS) is 20.2. The average Bonchev–Trinajstić information content (AvgIpc) is 2.54. The van der Waals surface area contributed by atoms with Crippen LogP contribution in [0, 0.1) is 5.92 Å². The Kier molecular flexibility index (Phi) is 7.76. The second-order valence-corrected chi connectivity index (χ2v) is 5.74. The number of rotatable bonds is 3. The van der Waals surface area contributed by atoms with Crippen LogP contribution in [-0.4, -0.2) is 23.5 Å². The molecule has 0 aliphatic heterocycles. The summed E-state index contributed by atoms with van der Waals surface area (Å²) < 4.78 is 0. The summed E-state index contributed by atoms with van der Waals surface area (Å²) in [6.45, 7) is 0.638. The molecule has 1 aromatic carbocycles. The van der Waals surface area contributed by atoms with Gasteiger partial charge in [0.15, 0.2) is 0 Å². The highest BCUT2D eigenvalue weighted by atomic mass is 35.5. The van der Waals surface area contributed by atoms with Crippen molar-refractivity contribution in [3.05, 3.63) is 42.1 Å². The second kappa shape index (κ2) is 9.06. The van der Waals surface area contributed by atoms with Gasteiger partial charge in [-0.3, -0.25) is 9.78 Å². The zero-order valence-corrected chi connectivity index (χ0v) is 14.5. The fourth-order valence-electron chi connectivity index (χ4n) is 3.21. The van der Waals surface area contributed by atoms with Crippen molar-refractivity contribution in [2.24, 2.45) is 11.7 Å². The highest BCUT2D eigenvalue weighted by Gasteiger charge is 2.26. The lowest BCUT2D eigenvalue weighted by atomic mass is 9.84. The first-order chi connectivity index (χ1) is 10.3. The maximum atomic E-state index is 12.6. The van der Waals surface area contributed by atoms with E-state index in [1.54, 1.807) is 6.20 Å². The first-order valence-electron chi connectivity index (χ1n) is 7.64. The number of carbonyl (C=O) groups excluding carboxylic acids is 1. The fraction of sp³-hybridized carbons (Fsp3) is 0.412. The standard InChI is InChI=1S/C17H21N3O.2ClH/c18-11-13-5-1-2-9-15(13)20-17(21)14-8-3-6-12-7-4-10-19-16(12)14;;/h3-4,6-8,10,13,15H,1-2,5,9,11,18H2,(H,20,21);2*1H. The highest BCUT2D eigenvalue weighted by Crippen LogP contribution is 2.24. The molecule has 1 aliphatic rings. The molecule has 2 aromatic rings. The number of nitrogens with two attached hydrogens (primary N) is 1. The number of para-hydroxylation sites is 1. The van der Waals surface area contributed by atoms with Gasteiger partial charge in [-0.1, -0.05) is 31.0 Å². The lowest BCUT2D eigenvalue weighted by Crippen LogP contribution is -2.44. The van der Waals surface area contributed by atoms with Gasteiger partial charge in [-0.2, -0.15) is 0 Å². The van der Waals surface area contributed by atoms with E-state index in [1.165, 1.54) is 6.42 Å². The molecule has 0 spiro atoms. The predicted molar refractivity (Wildman–Crippen MR) is 98.5 cm³/mol. The lowest BCUT2D eigenvalue weighted by molar-refractivity contribution is 0.0909. The van der Waals surface area contributed by atoms with Crippen LogP contribution in [0.2, 0.25) is 0 Å². The summed E-state index contributed by atoms with van der Waals surface area (Å²) in [6.07, 6.45) is 6.22. The van der Waals surface area contributed by atoms with Gasteiger partial charge in [0, 0.05) is 17.6 Å². The number of hydrogen-bond donors (Lipinski definition) is 2. The molecule has 1 heterocycles. The summed E-state index contributed by atoms with van der Waals surface area (Å²) in [5, 5.41) is 4.16. The summed E-state index contributed by atoms with van der Waals surface area (Å²) in [5.74, 6) is 0.357. The Labute approximate surface area is 149 Å². The molecule has 126 valence electrons. The van der Waals surface area contributed by atoms with Crippen LogP contribution in [0.15, 0.2) is 36.5 Å². The Morgan fingerprint density at radius 1 is 1.17 bits per heavy atom. The van der Waals surface area contributed by atoms with E-state index in [-0.39, 0.29) is 36.8 Å². The Hall–Kier alpha value is -1.36. The monoisotopic (exact) mass is 355 g/mol. The molecule has 2 atom stereocenters. The summed E-state index contributed by atoms with van der Waals surface area (Å²) in [6, 6.07) is 9.76. The van der Waals surface area contributed by atoms with Crippen LogP contribution in [0.4, 0.5) is 0 Å². The fourth-order valence-corrected chi connectivity index (χ4v) is 3.21. The van der Waals surface area contributed by atoms with Gasteiger partial charge in [-0.25, -0.2) is 0 Å². The molecule has 6 heteroatoms. The van der Waals surface area contributed by atoms with E-state index in [0.29, 0.717) is 18.0 Å². The molecule has 1 saturated carbocycles. The Morgan fingerprint density at radius 3 is 2.70 bits per heavy atom. The van der Waals surface area contributed by atoms with Gasteiger partial charge < -0.3 is 11.1 Å². The zero-order valence-electron chi connectivity index (χ0n) is 12.9. The summed E-state index contributed by atoms with van der Waals surface area (Å²) in [7, 11) is 0. The number of fused-ring (bicyclic) bond motifs is 1. The van der Waals surface area contributed by atoms with Gasteiger partial charge in [0.05, 0.1) is 11.1 Å². The smallest absolute Gasteiger partial charge is 0.253 e. The van der Waals surface area contributed by atoms with Gasteiger partial charge in [-0.15, -0.1) is 24.8 Å². The van der Waals surface area contributed by atoms with Gasteiger partial charge in [0.2, 0.25) is 0 Å². The van der Waals surface area contributed by atoms with Crippen LogP contribution in [0.5, 0.6) is 0 Å². The number of hydrogen-bond acceptors (Lipinski definition) is 3. The molecule has 1 aliphatic carbocycles. The largest absolute Gasteiger partial charge is 0.349 e. The summed E-state index contributed by atoms with van der Waals surface area (Å²) >= 11 is 0. The molecular formula is C17H23Cl2N3O. The molecule has 3 rings (SSSR count). The van der Waals surface area contributed by atoms with E-state index >= 15 is 0 Å². The minimum Gasteiger partial charge on any atom is -0.349 e. The van der Waals surface area contributed by atoms with Crippen molar-refractivity contribution in [1.82, 2.24) is 10.3 Å². The minimum absolute atomic E-state index is 0. The second-order valence-electron chi connectivity index (χ2n) is 5.74. The van der Waals surface area contributed by atoms with Crippen molar-refractivity contribution in [2.75, 3.05) is 6.54 Å². The number of amides is 1. The Balaban J connectivity index is 0.00000132. The van der Waals surface area contributed by atoms with Crippen LogP contribution in [0.25, 0.3) is 10.9 Å². The van der Waals surface area contributed by atoms with E-state index in [4.69, 9.17) is 5.73 Å². The molecule has 4 nitrogen and oxygen atoms in total. The van der Waals surface area contributed by atoms with E-state index < -0.39 is 0 Å². The third kappa shape index (κ3) is 4.34. The molecule has 3 N–H and O–H groups in total. The van der Waals surface area contributed by atoms with Gasteiger partial charge in [-0.05, 0) is 37.4 Å². The molecular weight excluding hydrogens is 333 g/mol. The van der Waals surface area contributed by atoms with Gasteiger partial charge >= 0.3 is 0 Å². The van der Waals surface area contributed by atoms with Crippen LogP contribution >= 0.6 is 24.8 Å². The van der Waals surface area contributed by atoms with Crippen molar-refractivity contribution < 1.29 is 4.79 Å². The summed E-state index contributed by atoms with van der Waals surface area (Å²) in [4.78, 5) is 16.9. The molecule has 0 bridgehead atoms. The third-order valence-corrected chi connectivity index (χ3v) is 4.41. The predicted octanol–water partition coefficient (Wildman–Crippen LogP) is 3.33. The molecule has 1 fully saturated rings. The minimum atomic E-state index is -0.0374. The first-order valence-corrected chi connectivity index (χ1v) is 7.64. The highest BCUT2D eigenvalue weighted by molar-refractivity contribution is 6.05. The topological polar surface area (TPSA) is 68.0 Å². The molecule has 0 saturated heterocycles. The first kappa shape index (κ1) is 19.7. The molecule has 1 amide bonds. The van der Waals surface area contributed by atoms with Crippen molar-refractivity contribution >= 4 is 41.6 Å². The number of carbonyl (C=O) groups is 1. The number of benzene rings is 1. The van der Waals surface area contributed by atoms with Gasteiger partial charge in [0.25, 0.3) is 5.91 Å². The average molecular weight is 356 g/mol. The molecule has 2 unspecified atom stereocenters. The van der Waals surface area contributed by atoms with E-state index in [2.05, 4.69) is 10.3 Å². The van der Waals surface area contributed by atoms with Crippen LogP contribution in [0.3, 0.4) is 0 Å². The number of nitrogens with zero attached hydrogens (tertiary/aromatic N) is 1. The van der Waals surface area contributed by atoms with Crippen LogP contribution in [-0.2, 0) is 0 Å². The SMILES string of the molecule is Cl.Cl.NCC1CCCCC1NC(=O)c1cccc2cccnc12. The van der Waals surface area contributed by atoms with Crippen molar-refractivity contribution in [3.8, 4) is 0 Å². The van der Waals surface area contributed by atoms with E-state index in [1.807, 2.05) is 30.3 Å². The van der Waals surface area contributed by atoms with Gasteiger partial charge in [0.1, 0.15) is 0 Å². The molecule has 23 heavy (non-hydrogen) atoms. The van der Waals surface area contributed by atoms with Crippen molar-refractivity contribution in [2.45, 2.75) is 31.7 Å². The number of aromatic nitrogens is 1. The van der Waals surface area contributed by atoms with Crippen LogP contribution in [0.1, 0.15) is 36.0 Å². The number of nitrogens with one attached hydrogen (secondary N) is 1. The number of halogens is 2. The van der Waals surface area contributed by atoms with E-state index in [0.717, 1.165) is 30.2 Å². The maximum Gasteiger partial charge on any atom is 0.253 e. The summed E-state index contributed by atoms with van der Waals surface area (Å²) in [5.41, 5.74) is 7.24. The van der Waals surface area contributed by atoms with E-state index in [9.17, 15) is 4.79 Å². The maximum absolute atomic E-state index is 12.6. The third-order valence-electron chi connectivity index (χ3n) is 4.41. The lowest BCUT2D eigenvalue weighted by Gasteiger charge is -2.31. The number of pyridine rings is 1. The molecule has 0 radical (unpaired) electrons. The van der Waals surface area contributed by atoms with Crippen molar-refractivity contribution in [3.63, 3.8) is 0 Å². The quantitative estimate of drug-likeness (QED) is 0.887. The van der Waals surface area contributed by atoms with Crippen LogP contribution < -0.4 is 11.1 Å². The Bertz CT molecular complexity index is 645. The van der Waals surface area contributed by atoms with Crippen molar-refractivity contribution in [1.29, 1.82) is 0 Å². The zero-order chi connectivity index (χ0) is 14.7.